The fourth-order valence-corrected chi connectivity index (χ4v) is 3.70. The Labute approximate surface area is 236 Å². The molecular weight excluding hydrogens is 520 g/mol. The molecule has 0 aliphatic carbocycles. The van der Waals surface area contributed by atoms with Crippen molar-refractivity contribution in [1.29, 1.82) is 0 Å². The maximum atomic E-state index is 13.3. The molecule has 0 rings (SSSR count). The zero-order valence-electron chi connectivity index (χ0n) is 24.0. The highest BCUT2D eigenvalue weighted by molar-refractivity contribution is 5.94. The van der Waals surface area contributed by atoms with Gasteiger partial charge in [-0.3, -0.25) is 24.4 Å². The standard InChI is InChI=1S/C25H50N10O5/c1-4-6-10-16(34-22(38)19(26)15(3)5-2)20(36)33-17(12-9-14-32-25(29)30)21(37)35-18(23(39)40)11-7-8-13-31-24(27)28/h15-19H,4-14,26H2,1-3H3,(H,33,36)(H,34,38)(H,35,37)(H,39,40)(H4,27,28,31)(H4,29,30,32)/t15-,16-,17+,18-,19-/m0/s1. The predicted molar refractivity (Wildman–Crippen MR) is 155 cm³/mol. The van der Waals surface area contributed by atoms with E-state index in [0.29, 0.717) is 45.1 Å². The van der Waals surface area contributed by atoms with Crippen molar-refractivity contribution in [3.05, 3.63) is 0 Å². The van der Waals surface area contributed by atoms with Crippen molar-refractivity contribution >= 4 is 35.6 Å². The van der Waals surface area contributed by atoms with Gasteiger partial charge in [0.05, 0.1) is 6.04 Å². The number of carboxylic acids is 1. The minimum Gasteiger partial charge on any atom is -0.480 e. The number of carbonyl (C=O) groups excluding carboxylic acids is 3. The van der Waals surface area contributed by atoms with Crippen LogP contribution < -0.4 is 44.6 Å². The van der Waals surface area contributed by atoms with Crippen molar-refractivity contribution in [2.45, 2.75) is 103 Å². The molecule has 0 saturated heterocycles. The normalized spacial score (nSPS) is 14.5. The zero-order chi connectivity index (χ0) is 30.7. The highest BCUT2D eigenvalue weighted by Gasteiger charge is 2.30. The smallest absolute Gasteiger partial charge is 0.326 e. The summed E-state index contributed by atoms with van der Waals surface area (Å²) in [5.41, 5.74) is 27.3. The van der Waals surface area contributed by atoms with Gasteiger partial charge in [0.2, 0.25) is 17.7 Å². The molecule has 230 valence electrons. The van der Waals surface area contributed by atoms with E-state index >= 15 is 0 Å². The van der Waals surface area contributed by atoms with Crippen molar-refractivity contribution in [2.75, 3.05) is 13.1 Å². The molecule has 0 aromatic rings. The molecule has 0 fully saturated rings. The summed E-state index contributed by atoms with van der Waals surface area (Å²) in [4.78, 5) is 58.7. The topological polar surface area (TPSA) is 279 Å². The van der Waals surface area contributed by atoms with E-state index in [1.54, 1.807) is 0 Å². The van der Waals surface area contributed by atoms with Gasteiger partial charge in [0.1, 0.15) is 18.1 Å². The summed E-state index contributed by atoms with van der Waals surface area (Å²) in [6.07, 6.45) is 4.03. The van der Waals surface area contributed by atoms with E-state index in [-0.39, 0.29) is 37.2 Å². The van der Waals surface area contributed by atoms with Crippen molar-refractivity contribution in [3.8, 4) is 0 Å². The Balaban J connectivity index is 5.60. The largest absolute Gasteiger partial charge is 0.480 e. The lowest BCUT2D eigenvalue weighted by atomic mass is 9.98. The number of nitrogens with one attached hydrogen (secondary N) is 3. The van der Waals surface area contributed by atoms with Crippen LogP contribution in [0.3, 0.4) is 0 Å². The summed E-state index contributed by atoms with van der Waals surface area (Å²) in [6, 6.07) is -3.98. The molecule has 40 heavy (non-hydrogen) atoms. The van der Waals surface area contributed by atoms with Gasteiger partial charge in [0.25, 0.3) is 0 Å². The third kappa shape index (κ3) is 15.7. The number of nitrogens with two attached hydrogens (primary N) is 5. The lowest BCUT2D eigenvalue weighted by Gasteiger charge is -2.26. The summed E-state index contributed by atoms with van der Waals surface area (Å²) in [7, 11) is 0. The van der Waals surface area contributed by atoms with Crippen LogP contribution in [0.25, 0.3) is 0 Å². The first-order valence-corrected chi connectivity index (χ1v) is 13.8. The second-order valence-electron chi connectivity index (χ2n) is 9.83. The molecule has 3 amide bonds. The van der Waals surface area contributed by atoms with E-state index in [1.165, 1.54) is 0 Å². The van der Waals surface area contributed by atoms with Crippen LogP contribution in [0.5, 0.6) is 0 Å². The van der Waals surface area contributed by atoms with Gasteiger partial charge in [-0.25, -0.2) is 4.79 Å². The number of carbonyl (C=O) groups is 4. The second kappa shape index (κ2) is 20.3. The van der Waals surface area contributed by atoms with Gasteiger partial charge < -0.3 is 49.7 Å². The van der Waals surface area contributed by atoms with Gasteiger partial charge in [-0.05, 0) is 44.4 Å². The molecule has 0 aliphatic rings. The molecule has 0 bridgehead atoms. The van der Waals surface area contributed by atoms with Gasteiger partial charge in [0.15, 0.2) is 11.9 Å². The monoisotopic (exact) mass is 570 g/mol. The third-order valence-corrected chi connectivity index (χ3v) is 6.43. The first kappa shape index (κ1) is 36.4. The van der Waals surface area contributed by atoms with Crippen molar-refractivity contribution in [2.24, 2.45) is 44.6 Å². The fourth-order valence-electron chi connectivity index (χ4n) is 3.70. The molecule has 0 heterocycles. The van der Waals surface area contributed by atoms with E-state index in [0.717, 1.165) is 6.42 Å². The van der Waals surface area contributed by atoms with Crippen molar-refractivity contribution in [3.63, 3.8) is 0 Å². The zero-order valence-corrected chi connectivity index (χ0v) is 24.0. The quantitative estimate of drug-likeness (QED) is 0.0441. The second-order valence-corrected chi connectivity index (χ2v) is 9.83. The Morgan fingerprint density at radius 2 is 1.15 bits per heavy atom. The molecule has 15 nitrogen and oxygen atoms in total. The van der Waals surface area contributed by atoms with Gasteiger partial charge >= 0.3 is 5.97 Å². The van der Waals surface area contributed by atoms with E-state index in [2.05, 4.69) is 25.9 Å². The van der Waals surface area contributed by atoms with Gasteiger partial charge in [-0.1, -0.05) is 40.0 Å². The Morgan fingerprint density at radius 3 is 1.62 bits per heavy atom. The van der Waals surface area contributed by atoms with Crippen molar-refractivity contribution in [1.82, 2.24) is 16.0 Å². The minimum absolute atomic E-state index is 0.0577. The third-order valence-electron chi connectivity index (χ3n) is 6.43. The van der Waals surface area contributed by atoms with Crippen LogP contribution in [0.2, 0.25) is 0 Å². The average Bonchev–Trinajstić information content (AvgIpc) is 2.89. The molecule has 0 unspecified atom stereocenters. The first-order valence-electron chi connectivity index (χ1n) is 13.8. The number of unbranched alkanes of at least 4 members (excludes halogenated alkanes) is 2. The SMILES string of the molecule is CCCC[C@H](NC(=O)[C@@H](N)[C@@H](C)CC)C(=O)N[C@H](CCCN=C(N)N)C(=O)N[C@@H](CCCCN=C(N)N)C(=O)O. The molecule has 0 aromatic heterocycles. The number of amides is 3. The number of carboxylic acid groups (broad SMARTS) is 1. The summed E-state index contributed by atoms with van der Waals surface area (Å²) < 4.78 is 0. The number of hydrogen-bond acceptors (Lipinski definition) is 7. The van der Waals surface area contributed by atoms with Crippen LogP contribution in [-0.4, -0.2) is 78.0 Å². The lowest BCUT2D eigenvalue weighted by molar-refractivity contribution is -0.142. The molecule has 0 aromatic carbocycles. The summed E-state index contributed by atoms with van der Waals surface area (Å²) in [5.74, 6) is -3.17. The molecule has 14 N–H and O–H groups in total. The van der Waals surface area contributed by atoms with Crippen LogP contribution >= 0.6 is 0 Å². The highest BCUT2D eigenvalue weighted by Crippen LogP contribution is 2.09. The average molecular weight is 571 g/mol. The maximum absolute atomic E-state index is 13.3. The van der Waals surface area contributed by atoms with Crippen LogP contribution in [0.4, 0.5) is 0 Å². The molecule has 0 saturated carbocycles. The minimum atomic E-state index is -1.21. The van der Waals surface area contributed by atoms with E-state index < -0.39 is 47.9 Å². The van der Waals surface area contributed by atoms with Crippen molar-refractivity contribution < 1.29 is 24.3 Å². The summed E-state index contributed by atoms with van der Waals surface area (Å²) in [5, 5.41) is 17.5. The first-order chi connectivity index (χ1) is 18.8. The van der Waals surface area contributed by atoms with Gasteiger partial charge in [-0.15, -0.1) is 0 Å². The molecule has 15 heteroatoms. The number of rotatable bonds is 21. The van der Waals surface area contributed by atoms with Crippen LogP contribution in [0, 0.1) is 5.92 Å². The van der Waals surface area contributed by atoms with Crippen LogP contribution in [0.15, 0.2) is 9.98 Å². The van der Waals surface area contributed by atoms with E-state index in [4.69, 9.17) is 28.7 Å². The number of aliphatic carboxylic acids is 1. The molecule has 0 spiro atoms. The van der Waals surface area contributed by atoms with Crippen LogP contribution in [0.1, 0.15) is 78.6 Å². The number of nitrogens with zero attached hydrogens (tertiary/aromatic N) is 2. The highest BCUT2D eigenvalue weighted by atomic mass is 16.4. The Hall–Kier alpha value is -3.62. The number of guanidine groups is 2. The summed E-state index contributed by atoms with van der Waals surface area (Å²) >= 11 is 0. The molecular formula is C25H50N10O5. The van der Waals surface area contributed by atoms with Gasteiger partial charge in [-0.2, -0.15) is 0 Å². The molecule has 0 aliphatic heterocycles. The van der Waals surface area contributed by atoms with E-state index in [9.17, 15) is 24.3 Å². The predicted octanol–water partition coefficient (Wildman–Crippen LogP) is -1.41. The fraction of sp³-hybridized carbons (Fsp3) is 0.760. The van der Waals surface area contributed by atoms with Crippen LogP contribution in [-0.2, 0) is 19.2 Å². The Bertz CT molecular complexity index is 859. The van der Waals surface area contributed by atoms with E-state index in [1.807, 2.05) is 20.8 Å². The Morgan fingerprint density at radius 1 is 0.700 bits per heavy atom. The molecule has 5 atom stereocenters. The summed E-state index contributed by atoms with van der Waals surface area (Å²) in [6.45, 7) is 6.25. The lowest BCUT2D eigenvalue weighted by Crippen LogP contribution is -2.57. The maximum Gasteiger partial charge on any atom is 0.326 e. The number of aliphatic imine (C=N–C) groups is 2. The van der Waals surface area contributed by atoms with Gasteiger partial charge in [0, 0.05) is 13.1 Å². The number of hydrogen-bond donors (Lipinski definition) is 9. The Kier molecular flexibility index (Phi) is 18.5. The molecule has 0 radical (unpaired) electrons.